The fraction of sp³-hybridized carbons (Fsp3) is 0.154. The summed E-state index contributed by atoms with van der Waals surface area (Å²) in [7, 11) is 0. The summed E-state index contributed by atoms with van der Waals surface area (Å²) >= 11 is 9.43. The van der Waals surface area contributed by atoms with E-state index in [0.717, 1.165) is 15.7 Å². The largest absolute Gasteiger partial charge is 0.485 e. The van der Waals surface area contributed by atoms with Gasteiger partial charge in [-0.1, -0.05) is 23.7 Å². The number of pyridine rings is 1. The zero-order valence-electron chi connectivity index (χ0n) is 9.57. The second kappa shape index (κ2) is 6.18. The highest BCUT2D eigenvalue weighted by molar-refractivity contribution is 9.10. The van der Waals surface area contributed by atoms with Crippen LogP contribution in [-0.4, -0.2) is 4.98 Å². The SMILES string of the molecule is NCc1cccc(Cl)c1OCc1ccc(Br)cn1. The van der Waals surface area contributed by atoms with E-state index < -0.39 is 0 Å². The minimum atomic E-state index is 0.365. The lowest BCUT2D eigenvalue weighted by molar-refractivity contribution is 0.298. The number of ether oxygens (including phenoxy) is 1. The van der Waals surface area contributed by atoms with Crippen LogP contribution in [0, 0.1) is 0 Å². The van der Waals surface area contributed by atoms with Crippen LogP contribution >= 0.6 is 27.5 Å². The molecule has 0 saturated heterocycles. The van der Waals surface area contributed by atoms with Crippen molar-refractivity contribution in [2.45, 2.75) is 13.2 Å². The van der Waals surface area contributed by atoms with Gasteiger partial charge in [-0.05, 0) is 34.1 Å². The molecule has 2 aromatic rings. The molecule has 0 aliphatic carbocycles. The highest BCUT2D eigenvalue weighted by atomic mass is 79.9. The first kappa shape index (κ1) is 13.3. The van der Waals surface area contributed by atoms with Crippen molar-refractivity contribution in [3.05, 3.63) is 57.3 Å². The Morgan fingerprint density at radius 1 is 1.28 bits per heavy atom. The van der Waals surface area contributed by atoms with Crippen LogP contribution in [0.5, 0.6) is 5.75 Å². The van der Waals surface area contributed by atoms with Gasteiger partial charge in [0.2, 0.25) is 0 Å². The number of aromatic nitrogens is 1. The van der Waals surface area contributed by atoms with Crippen LogP contribution in [0.1, 0.15) is 11.3 Å². The van der Waals surface area contributed by atoms with Crippen molar-refractivity contribution in [1.82, 2.24) is 4.98 Å². The summed E-state index contributed by atoms with van der Waals surface area (Å²) in [4.78, 5) is 4.23. The molecule has 2 N–H and O–H groups in total. The van der Waals surface area contributed by atoms with E-state index in [1.54, 1.807) is 12.3 Å². The molecule has 2 rings (SSSR count). The number of nitrogens with zero attached hydrogens (tertiary/aromatic N) is 1. The molecule has 1 heterocycles. The smallest absolute Gasteiger partial charge is 0.142 e. The van der Waals surface area contributed by atoms with E-state index in [-0.39, 0.29) is 0 Å². The summed E-state index contributed by atoms with van der Waals surface area (Å²) < 4.78 is 6.63. The summed E-state index contributed by atoms with van der Waals surface area (Å²) in [6.45, 7) is 0.758. The Bertz CT molecular complexity index is 531. The molecule has 1 aromatic carbocycles. The molecule has 1 aromatic heterocycles. The van der Waals surface area contributed by atoms with Gasteiger partial charge in [0.1, 0.15) is 12.4 Å². The first-order valence-corrected chi connectivity index (χ1v) is 6.58. The molecule has 0 aliphatic heterocycles. The van der Waals surface area contributed by atoms with Gasteiger partial charge in [-0.3, -0.25) is 4.98 Å². The predicted octanol–water partition coefficient (Wildman–Crippen LogP) is 3.54. The van der Waals surface area contributed by atoms with Gasteiger partial charge in [-0.15, -0.1) is 0 Å². The zero-order chi connectivity index (χ0) is 13.0. The standard InChI is InChI=1S/C13H12BrClN2O/c14-10-4-5-11(17-7-10)8-18-13-9(6-16)2-1-3-12(13)15/h1-5,7H,6,8,16H2. The summed E-state index contributed by atoms with van der Waals surface area (Å²) in [5.41, 5.74) is 7.37. The van der Waals surface area contributed by atoms with Crippen molar-refractivity contribution in [2.24, 2.45) is 5.73 Å². The lowest BCUT2D eigenvalue weighted by Crippen LogP contribution is -2.04. The molecule has 0 atom stereocenters. The van der Waals surface area contributed by atoms with Gasteiger partial charge < -0.3 is 10.5 Å². The molecule has 0 fully saturated rings. The summed E-state index contributed by atoms with van der Waals surface area (Å²) in [6.07, 6.45) is 1.73. The molecule has 0 spiro atoms. The van der Waals surface area contributed by atoms with E-state index in [1.807, 2.05) is 24.3 Å². The van der Waals surface area contributed by atoms with E-state index >= 15 is 0 Å². The fourth-order valence-corrected chi connectivity index (χ4v) is 2.00. The zero-order valence-corrected chi connectivity index (χ0v) is 11.9. The van der Waals surface area contributed by atoms with E-state index in [1.165, 1.54) is 0 Å². The highest BCUT2D eigenvalue weighted by Crippen LogP contribution is 2.29. The van der Waals surface area contributed by atoms with Gasteiger partial charge in [0.25, 0.3) is 0 Å². The van der Waals surface area contributed by atoms with E-state index in [2.05, 4.69) is 20.9 Å². The predicted molar refractivity (Wildman–Crippen MR) is 75.6 cm³/mol. The molecule has 0 amide bonds. The van der Waals surface area contributed by atoms with Crippen LogP contribution in [0.3, 0.4) is 0 Å². The molecule has 18 heavy (non-hydrogen) atoms. The van der Waals surface area contributed by atoms with Crippen LogP contribution in [-0.2, 0) is 13.2 Å². The minimum Gasteiger partial charge on any atom is -0.485 e. The maximum atomic E-state index is 6.09. The molecule has 5 heteroatoms. The Morgan fingerprint density at radius 3 is 2.78 bits per heavy atom. The van der Waals surface area contributed by atoms with Crippen LogP contribution in [0.15, 0.2) is 41.0 Å². The van der Waals surface area contributed by atoms with Crippen molar-refractivity contribution in [1.29, 1.82) is 0 Å². The van der Waals surface area contributed by atoms with Gasteiger partial charge in [0.15, 0.2) is 0 Å². The maximum absolute atomic E-state index is 6.09. The topological polar surface area (TPSA) is 48.1 Å². The number of hydrogen-bond acceptors (Lipinski definition) is 3. The Morgan fingerprint density at radius 2 is 2.11 bits per heavy atom. The molecule has 3 nitrogen and oxygen atoms in total. The summed E-state index contributed by atoms with van der Waals surface area (Å²) in [5, 5.41) is 0.565. The van der Waals surface area contributed by atoms with E-state index in [9.17, 15) is 0 Å². The van der Waals surface area contributed by atoms with Crippen LogP contribution in [0.4, 0.5) is 0 Å². The number of rotatable bonds is 4. The van der Waals surface area contributed by atoms with Gasteiger partial charge in [0, 0.05) is 22.8 Å². The summed E-state index contributed by atoms with van der Waals surface area (Å²) in [5.74, 6) is 0.631. The minimum absolute atomic E-state index is 0.365. The molecule has 0 bridgehead atoms. The first-order chi connectivity index (χ1) is 8.70. The Balaban J connectivity index is 2.12. The number of hydrogen-bond donors (Lipinski definition) is 1. The van der Waals surface area contributed by atoms with Crippen molar-refractivity contribution in [3.63, 3.8) is 0 Å². The second-order valence-corrected chi connectivity index (χ2v) is 5.01. The van der Waals surface area contributed by atoms with E-state index in [4.69, 9.17) is 22.1 Å². The van der Waals surface area contributed by atoms with Crippen molar-refractivity contribution in [2.75, 3.05) is 0 Å². The van der Waals surface area contributed by atoms with Gasteiger partial charge >= 0.3 is 0 Å². The number of para-hydroxylation sites is 1. The molecule has 94 valence electrons. The van der Waals surface area contributed by atoms with Gasteiger partial charge in [-0.2, -0.15) is 0 Å². The van der Waals surface area contributed by atoms with E-state index in [0.29, 0.717) is 23.9 Å². The highest BCUT2D eigenvalue weighted by Gasteiger charge is 2.07. The average Bonchev–Trinajstić information content (AvgIpc) is 2.39. The molecule has 0 saturated carbocycles. The second-order valence-electron chi connectivity index (χ2n) is 3.69. The lowest BCUT2D eigenvalue weighted by atomic mass is 10.2. The van der Waals surface area contributed by atoms with Crippen LogP contribution in [0.2, 0.25) is 5.02 Å². The third kappa shape index (κ3) is 3.22. The Labute approximate surface area is 119 Å². The average molecular weight is 328 g/mol. The fourth-order valence-electron chi connectivity index (χ4n) is 1.51. The quantitative estimate of drug-likeness (QED) is 0.934. The lowest BCUT2D eigenvalue weighted by Gasteiger charge is -2.11. The van der Waals surface area contributed by atoms with Crippen molar-refractivity contribution < 1.29 is 4.74 Å². The molecule has 0 radical (unpaired) electrons. The molecular weight excluding hydrogens is 316 g/mol. The molecular formula is C13H12BrClN2O. The van der Waals surface area contributed by atoms with Crippen molar-refractivity contribution >= 4 is 27.5 Å². The van der Waals surface area contributed by atoms with Gasteiger partial charge in [0.05, 0.1) is 10.7 Å². The first-order valence-electron chi connectivity index (χ1n) is 5.41. The van der Waals surface area contributed by atoms with Crippen molar-refractivity contribution in [3.8, 4) is 5.75 Å². The van der Waals surface area contributed by atoms with Crippen LogP contribution < -0.4 is 10.5 Å². The Kier molecular flexibility index (Phi) is 4.58. The normalized spacial score (nSPS) is 10.4. The third-order valence-electron chi connectivity index (χ3n) is 2.42. The summed E-state index contributed by atoms with van der Waals surface area (Å²) in [6, 6.07) is 9.35. The van der Waals surface area contributed by atoms with Crippen LogP contribution in [0.25, 0.3) is 0 Å². The third-order valence-corrected chi connectivity index (χ3v) is 3.19. The number of benzene rings is 1. The number of halogens is 2. The molecule has 0 aliphatic rings. The number of nitrogens with two attached hydrogens (primary N) is 1. The Hall–Kier alpha value is -1.10. The maximum Gasteiger partial charge on any atom is 0.142 e. The molecule has 0 unspecified atom stereocenters. The van der Waals surface area contributed by atoms with Gasteiger partial charge in [-0.25, -0.2) is 0 Å². The monoisotopic (exact) mass is 326 g/mol.